The molecule has 94 valence electrons. The van der Waals surface area contributed by atoms with Crippen molar-refractivity contribution in [1.29, 1.82) is 0 Å². The fraction of sp³-hybridized carbons (Fsp3) is 0.267. The molecule has 1 aromatic carbocycles. The summed E-state index contributed by atoms with van der Waals surface area (Å²) in [7, 11) is 0. The summed E-state index contributed by atoms with van der Waals surface area (Å²) in [5, 5.41) is 8.90. The van der Waals surface area contributed by atoms with Gasteiger partial charge in [0.05, 0.1) is 0 Å². The maximum absolute atomic E-state index is 10.8. The van der Waals surface area contributed by atoms with Crippen LogP contribution in [0.3, 0.4) is 0 Å². The molecular formula is C15H16O2S. The first kappa shape index (κ1) is 12.8. The molecule has 0 saturated heterocycles. The highest BCUT2D eigenvalue weighted by Crippen LogP contribution is 2.28. The summed E-state index contributed by atoms with van der Waals surface area (Å²) < 4.78 is 0. The van der Waals surface area contributed by atoms with Crippen molar-refractivity contribution in [1.82, 2.24) is 0 Å². The Hall–Kier alpha value is -1.61. The van der Waals surface area contributed by atoms with Crippen LogP contribution in [0.2, 0.25) is 0 Å². The quantitative estimate of drug-likeness (QED) is 0.889. The number of hydrogen-bond acceptors (Lipinski definition) is 2. The Bertz CT molecular complexity index is 538. The molecule has 0 spiro atoms. The maximum Gasteiger partial charge on any atom is 0.345 e. The lowest BCUT2D eigenvalue weighted by Gasteiger charge is -2.05. The number of carboxylic acids is 1. The summed E-state index contributed by atoms with van der Waals surface area (Å²) in [5.41, 5.74) is 2.41. The molecule has 18 heavy (non-hydrogen) atoms. The molecule has 0 bridgehead atoms. The molecule has 0 aliphatic rings. The molecule has 1 heterocycles. The van der Waals surface area contributed by atoms with Gasteiger partial charge >= 0.3 is 5.97 Å². The molecule has 3 heteroatoms. The Balaban J connectivity index is 2.20. The van der Waals surface area contributed by atoms with Gasteiger partial charge in [0.15, 0.2) is 0 Å². The third-order valence-electron chi connectivity index (χ3n) is 2.70. The highest BCUT2D eigenvalue weighted by molar-refractivity contribution is 7.17. The van der Waals surface area contributed by atoms with Gasteiger partial charge in [-0.05, 0) is 35.6 Å². The van der Waals surface area contributed by atoms with E-state index in [0.29, 0.717) is 10.8 Å². The van der Waals surface area contributed by atoms with Gasteiger partial charge in [0.2, 0.25) is 0 Å². The second kappa shape index (κ2) is 5.36. The largest absolute Gasteiger partial charge is 0.477 e. The first-order valence-electron chi connectivity index (χ1n) is 5.98. The van der Waals surface area contributed by atoms with Gasteiger partial charge < -0.3 is 5.11 Å². The van der Waals surface area contributed by atoms with Gasteiger partial charge in [0.25, 0.3) is 0 Å². The Kier molecular flexibility index (Phi) is 3.82. The average molecular weight is 260 g/mol. The molecule has 0 atom stereocenters. The van der Waals surface area contributed by atoms with E-state index in [4.69, 9.17) is 5.11 Å². The molecule has 1 N–H and O–H groups in total. The molecule has 0 fully saturated rings. The van der Waals surface area contributed by atoms with Crippen molar-refractivity contribution < 1.29 is 9.90 Å². The van der Waals surface area contributed by atoms with Crippen LogP contribution in [0.5, 0.6) is 0 Å². The van der Waals surface area contributed by atoms with E-state index in [9.17, 15) is 4.79 Å². The predicted octanol–water partition coefficient (Wildman–Crippen LogP) is 4.31. The van der Waals surface area contributed by atoms with E-state index in [1.807, 2.05) is 6.07 Å². The third kappa shape index (κ3) is 2.99. The van der Waals surface area contributed by atoms with Gasteiger partial charge in [-0.1, -0.05) is 38.1 Å². The topological polar surface area (TPSA) is 37.3 Å². The molecule has 2 aromatic rings. The van der Waals surface area contributed by atoms with Crippen molar-refractivity contribution in [3.8, 4) is 10.4 Å². The average Bonchev–Trinajstić information content (AvgIpc) is 2.78. The minimum absolute atomic E-state index is 0.385. The van der Waals surface area contributed by atoms with Gasteiger partial charge in [0.1, 0.15) is 4.88 Å². The van der Waals surface area contributed by atoms with E-state index < -0.39 is 5.97 Å². The predicted molar refractivity (Wildman–Crippen MR) is 75.3 cm³/mol. The van der Waals surface area contributed by atoms with E-state index in [1.54, 1.807) is 6.07 Å². The van der Waals surface area contributed by atoms with Crippen molar-refractivity contribution in [3.05, 3.63) is 46.8 Å². The molecular weight excluding hydrogens is 244 g/mol. The number of rotatable bonds is 4. The van der Waals surface area contributed by atoms with Crippen LogP contribution in [-0.4, -0.2) is 11.1 Å². The SMILES string of the molecule is CC(C)Cc1ccc(-c2ccc(C(=O)O)s2)cc1. The van der Waals surface area contributed by atoms with Crippen molar-refractivity contribution >= 4 is 17.3 Å². The van der Waals surface area contributed by atoms with Crippen LogP contribution in [0.15, 0.2) is 36.4 Å². The van der Waals surface area contributed by atoms with Gasteiger partial charge in [-0.3, -0.25) is 0 Å². The van der Waals surface area contributed by atoms with Crippen LogP contribution in [0.1, 0.15) is 29.1 Å². The molecule has 2 rings (SSSR count). The molecule has 0 saturated carbocycles. The Labute approximate surface area is 111 Å². The minimum atomic E-state index is -0.859. The van der Waals surface area contributed by atoms with Crippen LogP contribution < -0.4 is 0 Å². The number of aromatic carboxylic acids is 1. The van der Waals surface area contributed by atoms with Crippen LogP contribution >= 0.6 is 11.3 Å². The molecule has 0 amide bonds. The van der Waals surface area contributed by atoms with Crippen molar-refractivity contribution in [2.45, 2.75) is 20.3 Å². The zero-order chi connectivity index (χ0) is 13.1. The summed E-state index contributed by atoms with van der Waals surface area (Å²) in [6.07, 6.45) is 1.07. The zero-order valence-electron chi connectivity index (χ0n) is 10.5. The fourth-order valence-electron chi connectivity index (χ4n) is 1.88. The van der Waals surface area contributed by atoms with Gasteiger partial charge in [-0.15, -0.1) is 11.3 Å². The van der Waals surface area contributed by atoms with Crippen LogP contribution in [0.25, 0.3) is 10.4 Å². The first-order valence-corrected chi connectivity index (χ1v) is 6.80. The molecule has 2 nitrogen and oxygen atoms in total. The molecule has 0 aliphatic carbocycles. The highest BCUT2D eigenvalue weighted by Gasteiger charge is 2.08. The van der Waals surface area contributed by atoms with Crippen LogP contribution in [0.4, 0.5) is 0 Å². The second-order valence-corrected chi connectivity index (χ2v) is 5.85. The lowest BCUT2D eigenvalue weighted by atomic mass is 10.0. The number of carbonyl (C=O) groups is 1. The number of benzene rings is 1. The summed E-state index contributed by atoms with van der Waals surface area (Å²) in [6.45, 7) is 4.40. The lowest BCUT2D eigenvalue weighted by molar-refractivity contribution is 0.0702. The number of thiophene rings is 1. The monoisotopic (exact) mass is 260 g/mol. The molecule has 0 aliphatic heterocycles. The molecule has 1 aromatic heterocycles. The van der Waals surface area contributed by atoms with Crippen molar-refractivity contribution in [2.75, 3.05) is 0 Å². The van der Waals surface area contributed by atoms with E-state index in [0.717, 1.165) is 16.9 Å². The van der Waals surface area contributed by atoms with E-state index in [-0.39, 0.29) is 0 Å². The van der Waals surface area contributed by atoms with Crippen molar-refractivity contribution in [3.63, 3.8) is 0 Å². The van der Waals surface area contributed by atoms with E-state index in [1.165, 1.54) is 16.9 Å². The summed E-state index contributed by atoms with van der Waals surface area (Å²) in [6, 6.07) is 11.9. The fourth-order valence-corrected chi connectivity index (χ4v) is 2.73. The van der Waals surface area contributed by atoms with Gasteiger partial charge in [-0.2, -0.15) is 0 Å². The van der Waals surface area contributed by atoms with Gasteiger partial charge in [0, 0.05) is 4.88 Å². The zero-order valence-corrected chi connectivity index (χ0v) is 11.3. The van der Waals surface area contributed by atoms with Crippen LogP contribution in [-0.2, 0) is 6.42 Å². The smallest absolute Gasteiger partial charge is 0.345 e. The molecule has 0 radical (unpaired) electrons. The maximum atomic E-state index is 10.8. The summed E-state index contributed by atoms with van der Waals surface area (Å²) >= 11 is 1.31. The summed E-state index contributed by atoms with van der Waals surface area (Å²) in [4.78, 5) is 12.2. The number of hydrogen-bond donors (Lipinski definition) is 1. The van der Waals surface area contributed by atoms with Gasteiger partial charge in [-0.25, -0.2) is 4.79 Å². The van der Waals surface area contributed by atoms with E-state index in [2.05, 4.69) is 38.1 Å². The second-order valence-electron chi connectivity index (χ2n) is 4.76. The van der Waals surface area contributed by atoms with E-state index >= 15 is 0 Å². The normalized spacial score (nSPS) is 10.8. The lowest BCUT2D eigenvalue weighted by Crippen LogP contribution is -1.93. The van der Waals surface area contributed by atoms with Crippen LogP contribution in [0, 0.1) is 5.92 Å². The third-order valence-corrected chi connectivity index (χ3v) is 3.82. The first-order chi connectivity index (χ1) is 8.56. The molecule has 0 unspecified atom stereocenters. The van der Waals surface area contributed by atoms with Crippen molar-refractivity contribution in [2.24, 2.45) is 5.92 Å². The standard InChI is InChI=1S/C15H16O2S/c1-10(2)9-11-3-5-12(6-4-11)13-7-8-14(18-13)15(16)17/h3-8,10H,9H2,1-2H3,(H,16,17). The Morgan fingerprint density at radius 3 is 2.33 bits per heavy atom. The number of carboxylic acid groups (broad SMARTS) is 1. The Morgan fingerprint density at radius 1 is 1.17 bits per heavy atom. The summed E-state index contributed by atoms with van der Waals surface area (Å²) in [5.74, 6) is -0.209. The Morgan fingerprint density at radius 2 is 1.83 bits per heavy atom. The highest BCUT2D eigenvalue weighted by atomic mass is 32.1. The minimum Gasteiger partial charge on any atom is -0.477 e.